The van der Waals surface area contributed by atoms with Gasteiger partial charge in [0, 0.05) is 17.1 Å². The number of hydrogen-bond donors (Lipinski definition) is 1. The molecular weight excluding hydrogens is 375 g/mol. The molecule has 0 heterocycles. The molecule has 142 valence electrons. The van der Waals surface area contributed by atoms with Gasteiger partial charge in [0.1, 0.15) is 5.92 Å². The molecule has 0 radical (unpaired) electrons. The average Bonchev–Trinajstić information content (AvgIpc) is 2.54. The maximum absolute atomic E-state index is 12.5. The predicted octanol–water partition coefficient (Wildman–Crippen LogP) is 4.02. The molecule has 0 aliphatic heterocycles. The number of allylic oxidation sites excluding steroid dienone is 1. The Kier molecular flexibility index (Phi) is 7.82. The van der Waals surface area contributed by atoms with Crippen LogP contribution in [0.15, 0.2) is 30.9 Å². The van der Waals surface area contributed by atoms with E-state index in [1.54, 1.807) is 5.32 Å². The van der Waals surface area contributed by atoms with Crippen molar-refractivity contribution in [2.45, 2.75) is 31.9 Å². The van der Waals surface area contributed by atoms with E-state index >= 15 is 0 Å². The van der Waals surface area contributed by atoms with Crippen LogP contribution in [0.4, 0.5) is 18.9 Å². The van der Waals surface area contributed by atoms with Crippen molar-refractivity contribution in [2.75, 3.05) is 11.9 Å². The van der Waals surface area contributed by atoms with E-state index in [-0.39, 0.29) is 35.7 Å². The van der Waals surface area contributed by atoms with Crippen LogP contribution in [0.5, 0.6) is 0 Å². The molecule has 1 atom stereocenters. The van der Waals surface area contributed by atoms with Crippen molar-refractivity contribution in [3.8, 4) is 0 Å². The highest BCUT2D eigenvalue weighted by Gasteiger charge is 2.40. The molecule has 0 saturated carbocycles. The van der Waals surface area contributed by atoms with E-state index in [2.05, 4.69) is 6.58 Å². The molecule has 0 aromatic heterocycles. The second-order valence-electron chi connectivity index (χ2n) is 5.16. The molecule has 0 aliphatic carbocycles. The quantitative estimate of drug-likeness (QED) is 0.412. The van der Waals surface area contributed by atoms with Gasteiger partial charge in [-0.05, 0) is 37.1 Å². The molecule has 0 saturated heterocycles. The summed E-state index contributed by atoms with van der Waals surface area (Å²) in [5.41, 5.74) is -0.510. The number of carbonyl (C=O) groups is 3. The highest BCUT2D eigenvalue weighted by Crippen LogP contribution is 2.32. The Bertz CT molecular complexity index is 704. The van der Waals surface area contributed by atoms with Gasteiger partial charge in [0.25, 0.3) is 0 Å². The highest BCUT2D eigenvalue weighted by atomic mass is 35.5. The van der Waals surface area contributed by atoms with Gasteiger partial charge in [0.2, 0.25) is 0 Å². The number of ether oxygens (including phenoxy) is 1. The lowest BCUT2D eigenvalue weighted by Crippen LogP contribution is -2.31. The average molecular weight is 392 g/mol. The van der Waals surface area contributed by atoms with Crippen molar-refractivity contribution in [3.63, 3.8) is 0 Å². The minimum atomic E-state index is -5.14. The highest BCUT2D eigenvalue weighted by molar-refractivity contribution is 6.31. The van der Waals surface area contributed by atoms with Crippen molar-refractivity contribution in [1.29, 1.82) is 0 Å². The van der Waals surface area contributed by atoms with Crippen LogP contribution in [0.1, 0.15) is 31.2 Å². The number of rotatable bonds is 8. The molecule has 1 amide bonds. The summed E-state index contributed by atoms with van der Waals surface area (Å²) in [6, 6.07) is 3.47. The topological polar surface area (TPSA) is 72.5 Å². The zero-order chi connectivity index (χ0) is 19.9. The predicted molar refractivity (Wildman–Crippen MR) is 89.9 cm³/mol. The fourth-order valence-corrected chi connectivity index (χ4v) is 2.31. The van der Waals surface area contributed by atoms with Gasteiger partial charge < -0.3 is 10.1 Å². The van der Waals surface area contributed by atoms with Crippen LogP contribution < -0.4 is 5.32 Å². The Labute approximate surface area is 153 Å². The number of Topliss-reactive ketones (excluding diaryl/α,β-unsaturated/α-hetero) is 1. The number of halogens is 4. The summed E-state index contributed by atoms with van der Waals surface area (Å²) >= 11 is 5.86. The Hall–Kier alpha value is -2.35. The van der Waals surface area contributed by atoms with Gasteiger partial charge in [-0.15, -0.1) is 6.58 Å². The normalized spacial score (nSPS) is 12.2. The Morgan fingerprint density at radius 1 is 1.35 bits per heavy atom. The van der Waals surface area contributed by atoms with E-state index in [4.69, 9.17) is 16.3 Å². The first-order chi connectivity index (χ1) is 12.1. The van der Waals surface area contributed by atoms with E-state index in [0.29, 0.717) is 0 Å². The molecule has 0 spiro atoms. The van der Waals surface area contributed by atoms with E-state index < -0.39 is 29.8 Å². The number of carbonyl (C=O) groups excluding carboxylic acids is 3. The Balaban J connectivity index is 3.36. The lowest BCUT2D eigenvalue weighted by atomic mass is 9.90. The van der Waals surface area contributed by atoms with Crippen LogP contribution >= 0.6 is 11.6 Å². The van der Waals surface area contributed by atoms with Crippen LogP contribution in [0.3, 0.4) is 0 Å². The smallest absolute Gasteiger partial charge is 0.465 e. The summed E-state index contributed by atoms with van der Waals surface area (Å²) in [5, 5.41) is 1.74. The van der Waals surface area contributed by atoms with Gasteiger partial charge in [-0.2, -0.15) is 13.2 Å². The van der Waals surface area contributed by atoms with Crippen LogP contribution in [0.25, 0.3) is 0 Å². The Morgan fingerprint density at radius 3 is 2.54 bits per heavy atom. The van der Waals surface area contributed by atoms with E-state index in [9.17, 15) is 27.6 Å². The molecule has 1 N–H and O–H groups in total. The van der Waals surface area contributed by atoms with Gasteiger partial charge in [-0.1, -0.05) is 17.7 Å². The number of anilines is 1. The van der Waals surface area contributed by atoms with Crippen LogP contribution in [-0.2, 0) is 19.1 Å². The van der Waals surface area contributed by atoms with Gasteiger partial charge in [0.05, 0.1) is 6.61 Å². The summed E-state index contributed by atoms with van der Waals surface area (Å²) in [6.45, 7) is 4.96. The molecule has 1 aromatic rings. The molecule has 1 rings (SSSR count). The molecule has 1 unspecified atom stereocenters. The van der Waals surface area contributed by atoms with E-state index in [0.717, 1.165) is 12.1 Å². The third kappa shape index (κ3) is 5.87. The van der Waals surface area contributed by atoms with Crippen molar-refractivity contribution in [1.82, 2.24) is 0 Å². The first-order valence-electron chi connectivity index (χ1n) is 7.59. The van der Waals surface area contributed by atoms with E-state index in [1.165, 1.54) is 19.1 Å². The maximum Gasteiger partial charge on any atom is 0.471 e. The SMILES string of the molecule is C=CCCC(=O)C(C(=O)OCC)c1cc(Cl)ccc1NC(=O)C(F)(F)F. The minimum absolute atomic E-state index is 0.0329. The van der Waals surface area contributed by atoms with Crippen molar-refractivity contribution < 1.29 is 32.3 Å². The van der Waals surface area contributed by atoms with Crippen LogP contribution in [0, 0.1) is 0 Å². The van der Waals surface area contributed by atoms with Crippen molar-refractivity contribution in [3.05, 3.63) is 41.4 Å². The van der Waals surface area contributed by atoms with Crippen LogP contribution in [0.2, 0.25) is 5.02 Å². The number of amides is 1. The number of esters is 1. The standard InChI is InChI=1S/C17H17ClF3NO4/c1-3-5-6-13(23)14(15(24)26-4-2)11-9-10(18)7-8-12(11)22-16(25)17(19,20)21/h3,7-9,14H,1,4-6H2,2H3,(H,22,25). The molecule has 26 heavy (non-hydrogen) atoms. The van der Waals surface area contributed by atoms with Gasteiger partial charge in [-0.3, -0.25) is 14.4 Å². The summed E-state index contributed by atoms with van der Waals surface area (Å²) in [6.07, 6.45) is -3.49. The molecule has 9 heteroatoms. The van der Waals surface area contributed by atoms with Gasteiger partial charge in [-0.25, -0.2) is 0 Å². The number of hydrogen-bond acceptors (Lipinski definition) is 4. The lowest BCUT2D eigenvalue weighted by molar-refractivity contribution is -0.167. The first kappa shape index (κ1) is 21.7. The third-order valence-corrected chi connectivity index (χ3v) is 3.50. The van der Waals surface area contributed by atoms with Gasteiger partial charge >= 0.3 is 18.1 Å². The molecule has 1 aromatic carbocycles. The second kappa shape index (κ2) is 9.38. The second-order valence-corrected chi connectivity index (χ2v) is 5.60. The zero-order valence-electron chi connectivity index (χ0n) is 13.9. The fourth-order valence-electron chi connectivity index (χ4n) is 2.13. The summed E-state index contributed by atoms with van der Waals surface area (Å²) in [5.74, 6) is -5.28. The maximum atomic E-state index is 12.5. The fraction of sp³-hybridized carbons (Fsp3) is 0.353. The van der Waals surface area contributed by atoms with E-state index in [1.807, 2.05) is 0 Å². The largest absolute Gasteiger partial charge is 0.471 e. The van der Waals surface area contributed by atoms with Crippen LogP contribution in [-0.4, -0.2) is 30.4 Å². The minimum Gasteiger partial charge on any atom is -0.465 e. The van der Waals surface area contributed by atoms with Gasteiger partial charge in [0.15, 0.2) is 5.78 Å². The number of benzene rings is 1. The summed E-state index contributed by atoms with van der Waals surface area (Å²) in [4.78, 5) is 35.9. The summed E-state index contributed by atoms with van der Waals surface area (Å²) < 4.78 is 42.5. The monoisotopic (exact) mass is 391 g/mol. The number of ketones is 1. The third-order valence-electron chi connectivity index (χ3n) is 3.27. The Morgan fingerprint density at radius 2 is 2.00 bits per heavy atom. The molecule has 0 bridgehead atoms. The summed E-state index contributed by atoms with van der Waals surface area (Å²) in [7, 11) is 0. The lowest BCUT2D eigenvalue weighted by Gasteiger charge is -2.19. The number of alkyl halides is 3. The molecule has 0 fully saturated rings. The number of nitrogens with one attached hydrogen (secondary N) is 1. The van der Waals surface area contributed by atoms with Crippen molar-refractivity contribution >= 4 is 34.9 Å². The van der Waals surface area contributed by atoms with Crippen molar-refractivity contribution in [2.24, 2.45) is 0 Å². The molecular formula is C17H17ClF3NO4. The first-order valence-corrected chi connectivity index (χ1v) is 7.97. The molecule has 5 nitrogen and oxygen atoms in total. The molecule has 0 aliphatic rings. The zero-order valence-corrected chi connectivity index (χ0v) is 14.6.